The summed E-state index contributed by atoms with van der Waals surface area (Å²) in [5.74, 6) is -0.576. The molecular formula is C10H17NO3S3. The molecule has 0 aromatic rings. The monoisotopic (exact) mass is 295 g/mol. The Kier molecular flexibility index (Phi) is 5.53. The fourth-order valence-corrected chi connectivity index (χ4v) is 3.98. The molecular weight excluding hydrogens is 278 g/mol. The first-order valence-corrected chi connectivity index (χ1v) is 8.31. The molecule has 98 valence electrons. The van der Waals surface area contributed by atoms with E-state index in [-0.39, 0.29) is 9.99 Å². The van der Waals surface area contributed by atoms with Gasteiger partial charge in [0.15, 0.2) is 0 Å². The highest BCUT2D eigenvalue weighted by atomic mass is 32.2. The largest absolute Gasteiger partial charge is 0.480 e. The van der Waals surface area contributed by atoms with E-state index in [1.165, 1.54) is 4.90 Å². The predicted molar refractivity (Wildman–Crippen MR) is 76.0 cm³/mol. The van der Waals surface area contributed by atoms with E-state index in [9.17, 15) is 14.7 Å². The van der Waals surface area contributed by atoms with Crippen molar-refractivity contribution in [3.63, 3.8) is 0 Å². The van der Waals surface area contributed by atoms with E-state index < -0.39 is 12.0 Å². The molecule has 0 saturated carbocycles. The zero-order valence-corrected chi connectivity index (χ0v) is 12.4. The molecule has 0 aromatic carbocycles. The maximum Gasteiger partial charge on any atom is 0.326 e. The third-order valence-electron chi connectivity index (χ3n) is 2.97. The number of amides is 1. The van der Waals surface area contributed by atoms with E-state index in [0.29, 0.717) is 25.1 Å². The number of likely N-dealkylation sites (tertiary alicyclic amines) is 1. The lowest BCUT2D eigenvalue weighted by Gasteiger charge is -2.24. The summed E-state index contributed by atoms with van der Waals surface area (Å²) in [6.07, 6.45) is 4.72. The number of thiol groups is 1. The van der Waals surface area contributed by atoms with Gasteiger partial charge in [-0.05, 0) is 18.3 Å². The van der Waals surface area contributed by atoms with Crippen LogP contribution in [-0.2, 0) is 9.59 Å². The lowest BCUT2D eigenvalue weighted by Crippen LogP contribution is -2.40. The third-order valence-corrected chi connectivity index (χ3v) is 6.27. The van der Waals surface area contributed by atoms with Gasteiger partial charge in [0.05, 0.1) is 4.08 Å². The van der Waals surface area contributed by atoms with Crippen molar-refractivity contribution in [2.75, 3.05) is 24.8 Å². The van der Waals surface area contributed by atoms with Crippen LogP contribution in [0.15, 0.2) is 0 Å². The molecule has 1 fully saturated rings. The first-order valence-electron chi connectivity index (χ1n) is 5.23. The van der Waals surface area contributed by atoms with Gasteiger partial charge in [0.25, 0.3) is 0 Å². The standard InChI is InChI=1S/C10H17NO3S3/c1-16-10(17-2)5-7(9(13)14)11(6-10)8(12)3-4-15/h7,15H,3-6H2,1-2H3,(H,13,14)/t7-/m0/s1. The van der Waals surface area contributed by atoms with E-state index in [1.54, 1.807) is 23.5 Å². The van der Waals surface area contributed by atoms with Crippen LogP contribution in [-0.4, -0.2) is 56.8 Å². The maximum atomic E-state index is 11.9. The first-order chi connectivity index (χ1) is 7.99. The molecule has 0 aliphatic carbocycles. The number of carboxylic acids is 1. The van der Waals surface area contributed by atoms with Gasteiger partial charge in [0.2, 0.25) is 5.91 Å². The minimum Gasteiger partial charge on any atom is -0.480 e. The van der Waals surface area contributed by atoms with Crippen molar-refractivity contribution in [3.8, 4) is 0 Å². The van der Waals surface area contributed by atoms with Crippen molar-refractivity contribution < 1.29 is 14.7 Å². The smallest absolute Gasteiger partial charge is 0.326 e. The van der Waals surface area contributed by atoms with E-state index in [1.807, 2.05) is 12.5 Å². The number of carbonyl (C=O) groups excluding carboxylic acids is 1. The molecule has 7 heteroatoms. The highest BCUT2D eigenvalue weighted by molar-refractivity contribution is 8.17. The van der Waals surface area contributed by atoms with Crippen molar-refractivity contribution in [2.24, 2.45) is 0 Å². The van der Waals surface area contributed by atoms with Crippen LogP contribution in [0.2, 0.25) is 0 Å². The Morgan fingerprint density at radius 2 is 2.06 bits per heavy atom. The van der Waals surface area contributed by atoms with Gasteiger partial charge in [-0.25, -0.2) is 4.79 Å². The Hall–Kier alpha value is -0.0100. The fraction of sp³-hybridized carbons (Fsp3) is 0.800. The molecule has 0 unspecified atom stereocenters. The third kappa shape index (κ3) is 3.26. The number of hydrogen-bond donors (Lipinski definition) is 2. The zero-order valence-electron chi connectivity index (χ0n) is 9.88. The fourth-order valence-electron chi connectivity index (χ4n) is 1.94. The normalized spacial score (nSPS) is 22.8. The van der Waals surface area contributed by atoms with Gasteiger partial charge in [0.1, 0.15) is 6.04 Å². The first kappa shape index (κ1) is 15.0. The van der Waals surface area contributed by atoms with Gasteiger partial charge in [0, 0.05) is 19.4 Å². The van der Waals surface area contributed by atoms with Crippen LogP contribution in [0.5, 0.6) is 0 Å². The second-order valence-electron chi connectivity index (χ2n) is 3.87. The minimum absolute atomic E-state index is 0.114. The number of thioether (sulfide) groups is 2. The van der Waals surface area contributed by atoms with Crippen LogP contribution in [0.4, 0.5) is 0 Å². The van der Waals surface area contributed by atoms with Gasteiger partial charge in [-0.2, -0.15) is 12.6 Å². The lowest BCUT2D eigenvalue weighted by molar-refractivity contribution is -0.148. The summed E-state index contributed by atoms with van der Waals surface area (Å²) >= 11 is 7.27. The maximum absolute atomic E-state index is 11.9. The summed E-state index contributed by atoms with van der Waals surface area (Å²) in [6.45, 7) is 0.499. The van der Waals surface area contributed by atoms with Crippen molar-refractivity contribution in [2.45, 2.75) is 23.0 Å². The van der Waals surface area contributed by atoms with Crippen LogP contribution >= 0.6 is 36.2 Å². The summed E-state index contributed by atoms with van der Waals surface area (Å²) in [7, 11) is 0. The van der Waals surface area contributed by atoms with Crippen LogP contribution in [0.3, 0.4) is 0 Å². The number of aliphatic carboxylic acids is 1. The van der Waals surface area contributed by atoms with E-state index >= 15 is 0 Å². The Labute approximate surface area is 115 Å². The Bertz CT molecular complexity index is 307. The Balaban J connectivity index is 2.87. The molecule has 1 N–H and O–H groups in total. The molecule has 1 aliphatic heterocycles. The van der Waals surface area contributed by atoms with Crippen molar-refractivity contribution >= 4 is 48.0 Å². The molecule has 0 aromatic heterocycles. The van der Waals surface area contributed by atoms with Crippen LogP contribution < -0.4 is 0 Å². The summed E-state index contributed by atoms with van der Waals surface area (Å²) in [4.78, 5) is 24.6. The van der Waals surface area contributed by atoms with E-state index in [2.05, 4.69) is 12.6 Å². The molecule has 4 nitrogen and oxygen atoms in total. The molecule has 17 heavy (non-hydrogen) atoms. The lowest BCUT2D eigenvalue weighted by atomic mass is 10.2. The zero-order chi connectivity index (χ0) is 13.1. The topological polar surface area (TPSA) is 57.6 Å². The molecule has 1 amide bonds. The van der Waals surface area contributed by atoms with Crippen LogP contribution in [0.25, 0.3) is 0 Å². The summed E-state index contributed by atoms with van der Waals surface area (Å²) in [5.41, 5.74) is 0. The molecule has 1 heterocycles. The van der Waals surface area contributed by atoms with Crippen LogP contribution in [0, 0.1) is 0 Å². The number of carboxylic acid groups (broad SMARTS) is 1. The Morgan fingerprint density at radius 3 is 2.47 bits per heavy atom. The number of hydrogen-bond acceptors (Lipinski definition) is 5. The van der Waals surface area contributed by atoms with Gasteiger partial charge in [-0.15, -0.1) is 23.5 Å². The Morgan fingerprint density at radius 1 is 1.47 bits per heavy atom. The number of carbonyl (C=O) groups is 2. The van der Waals surface area contributed by atoms with E-state index in [0.717, 1.165) is 0 Å². The molecule has 1 saturated heterocycles. The quantitative estimate of drug-likeness (QED) is 0.593. The molecule has 0 bridgehead atoms. The average molecular weight is 295 g/mol. The number of rotatable bonds is 5. The van der Waals surface area contributed by atoms with Gasteiger partial charge in [-0.3, -0.25) is 4.79 Å². The van der Waals surface area contributed by atoms with E-state index in [4.69, 9.17) is 0 Å². The average Bonchev–Trinajstić information content (AvgIpc) is 2.70. The van der Waals surface area contributed by atoms with Crippen molar-refractivity contribution in [3.05, 3.63) is 0 Å². The summed E-state index contributed by atoms with van der Waals surface area (Å²) < 4.78 is -0.185. The van der Waals surface area contributed by atoms with Gasteiger partial charge in [-0.1, -0.05) is 0 Å². The second kappa shape index (κ2) is 6.24. The summed E-state index contributed by atoms with van der Waals surface area (Å²) in [6, 6.07) is -0.692. The van der Waals surface area contributed by atoms with Crippen molar-refractivity contribution in [1.29, 1.82) is 0 Å². The number of nitrogens with zero attached hydrogens (tertiary/aromatic N) is 1. The van der Waals surface area contributed by atoms with Gasteiger partial charge < -0.3 is 10.0 Å². The van der Waals surface area contributed by atoms with Crippen molar-refractivity contribution in [1.82, 2.24) is 4.90 Å². The highest BCUT2D eigenvalue weighted by Gasteiger charge is 2.48. The van der Waals surface area contributed by atoms with Gasteiger partial charge >= 0.3 is 5.97 Å². The highest BCUT2D eigenvalue weighted by Crippen LogP contribution is 2.45. The molecule has 1 rings (SSSR count). The summed E-state index contributed by atoms with van der Waals surface area (Å²) in [5, 5.41) is 9.19. The predicted octanol–water partition coefficient (Wildman–Crippen LogP) is 1.41. The SMILES string of the molecule is CSC1(SC)C[C@@H](C(=O)O)N(C(=O)CCS)C1. The van der Waals surface area contributed by atoms with Crippen LogP contribution in [0.1, 0.15) is 12.8 Å². The molecule has 0 radical (unpaired) electrons. The molecule has 1 aliphatic rings. The molecule has 1 atom stereocenters. The molecule has 0 spiro atoms. The minimum atomic E-state index is -0.914. The second-order valence-corrected chi connectivity index (χ2v) is 6.96.